The predicted molar refractivity (Wildman–Crippen MR) is 58.4 cm³/mol. The number of Topliss-reactive ketones (excluding diaryl/α,β-unsaturated/α-hetero) is 1. The molecule has 0 aromatic heterocycles. The first-order chi connectivity index (χ1) is 6.99. The molecule has 2 N–H and O–H groups in total. The molecule has 2 nitrogen and oxygen atoms in total. The fourth-order valence-corrected chi connectivity index (χ4v) is 1.43. The average Bonchev–Trinajstić information content (AvgIpc) is 2.10. The summed E-state index contributed by atoms with van der Waals surface area (Å²) in [5.74, 6) is -0.491. The number of halogens is 2. The largest absolute Gasteiger partial charge is 0.328 e. The van der Waals surface area contributed by atoms with Crippen LogP contribution in [0.5, 0.6) is 0 Å². The summed E-state index contributed by atoms with van der Waals surface area (Å²) in [7, 11) is 0. The maximum Gasteiger partial charge on any atom is 0.142 e. The predicted octanol–water partition coefficient (Wildman–Crippen LogP) is 2.33. The Morgan fingerprint density at radius 3 is 2.80 bits per heavy atom. The highest BCUT2D eigenvalue weighted by atomic mass is 35.5. The van der Waals surface area contributed by atoms with E-state index in [-0.39, 0.29) is 23.3 Å². The van der Waals surface area contributed by atoms with Crippen molar-refractivity contribution in [2.75, 3.05) is 0 Å². The van der Waals surface area contributed by atoms with Gasteiger partial charge in [0, 0.05) is 18.9 Å². The molecule has 1 rings (SSSR count). The summed E-state index contributed by atoms with van der Waals surface area (Å²) >= 11 is 5.52. The van der Waals surface area contributed by atoms with Crippen LogP contribution in [0.15, 0.2) is 18.2 Å². The summed E-state index contributed by atoms with van der Waals surface area (Å²) in [5.41, 5.74) is 6.11. The standard InChI is InChI=1S/C11H13ClFNO/c1-7(14)4-9(15)5-8-2-3-10(12)11(13)6-8/h2-3,6-7H,4-5,14H2,1H3. The van der Waals surface area contributed by atoms with E-state index in [1.165, 1.54) is 12.1 Å². The van der Waals surface area contributed by atoms with Crippen LogP contribution in [0, 0.1) is 5.82 Å². The third-order valence-corrected chi connectivity index (χ3v) is 2.24. The van der Waals surface area contributed by atoms with Crippen LogP contribution in [0.1, 0.15) is 18.9 Å². The van der Waals surface area contributed by atoms with Crippen molar-refractivity contribution in [1.82, 2.24) is 0 Å². The van der Waals surface area contributed by atoms with Crippen LogP contribution < -0.4 is 5.73 Å². The summed E-state index contributed by atoms with van der Waals surface area (Å²) < 4.78 is 13.0. The second-order valence-corrected chi connectivity index (χ2v) is 4.05. The number of nitrogens with two attached hydrogens (primary N) is 1. The molecule has 4 heteroatoms. The van der Waals surface area contributed by atoms with E-state index in [0.29, 0.717) is 12.0 Å². The molecule has 1 atom stereocenters. The van der Waals surface area contributed by atoms with Crippen LogP contribution in [-0.4, -0.2) is 11.8 Å². The molecule has 0 amide bonds. The molecule has 0 saturated carbocycles. The van der Waals surface area contributed by atoms with Gasteiger partial charge in [0.1, 0.15) is 11.6 Å². The minimum atomic E-state index is -0.497. The van der Waals surface area contributed by atoms with E-state index in [9.17, 15) is 9.18 Å². The third-order valence-electron chi connectivity index (χ3n) is 1.93. The molecule has 0 spiro atoms. The average molecular weight is 230 g/mol. The maximum absolute atomic E-state index is 13.0. The topological polar surface area (TPSA) is 43.1 Å². The van der Waals surface area contributed by atoms with Crippen molar-refractivity contribution in [3.8, 4) is 0 Å². The van der Waals surface area contributed by atoms with Gasteiger partial charge in [-0.05, 0) is 24.6 Å². The maximum atomic E-state index is 13.0. The van der Waals surface area contributed by atoms with Crippen LogP contribution in [-0.2, 0) is 11.2 Å². The van der Waals surface area contributed by atoms with E-state index in [1.54, 1.807) is 13.0 Å². The third kappa shape index (κ3) is 3.98. The van der Waals surface area contributed by atoms with Crippen LogP contribution in [0.25, 0.3) is 0 Å². The minimum absolute atomic E-state index is 0.00622. The quantitative estimate of drug-likeness (QED) is 0.861. The van der Waals surface area contributed by atoms with Crippen molar-refractivity contribution in [2.24, 2.45) is 5.73 Å². The van der Waals surface area contributed by atoms with Gasteiger partial charge in [0.05, 0.1) is 5.02 Å². The lowest BCUT2D eigenvalue weighted by molar-refractivity contribution is -0.118. The van der Waals surface area contributed by atoms with Crippen LogP contribution in [0.2, 0.25) is 5.02 Å². The fourth-order valence-electron chi connectivity index (χ4n) is 1.31. The van der Waals surface area contributed by atoms with E-state index >= 15 is 0 Å². The first-order valence-electron chi connectivity index (χ1n) is 4.70. The first kappa shape index (κ1) is 12.1. The molecule has 0 aliphatic heterocycles. The Hall–Kier alpha value is -0.930. The Kier molecular flexibility index (Phi) is 4.24. The Labute approximate surface area is 93.2 Å². The summed E-state index contributed by atoms with van der Waals surface area (Å²) in [6, 6.07) is 4.21. The van der Waals surface area contributed by atoms with Crippen molar-refractivity contribution in [1.29, 1.82) is 0 Å². The Morgan fingerprint density at radius 1 is 1.60 bits per heavy atom. The van der Waals surface area contributed by atoms with Crippen LogP contribution in [0.4, 0.5) is 4.39 Å². The number of hydrogen-bond acceptors (Lipinski definition) is 2. The molecule has 0 bridgehead atoms. The lowest BCUT2D eigenvalue weighted by Crippen LogP contribution is -2.20. The Bertz CT molecular complexity index is 366. The van der Waals surface area contributed by atoms with E-state index in [2.05, 4.69) is 0 Å². The lowest BCUT2D eigenvalue weighted by atomic mass is 10.0. The first-order valence-corrected chi connectivity index (χ1v) is 5.08. The zero-order valence-electron chi connectivity index (χ0n) is 8.47. The molecule has 1 aromatic carbocycles. The van der Waals surface area contributed by atoms with Gasteiger partial charge in [-0.3, -0.25) is 4.79 Å². The molecule has 0 aliphatic rings. The SMILES string of the molecule is CC(N)CC(=O)Cc1ccc(Cl)c(F)c1. The van der Waals surface area contributed by atoms with Gasteiger partial charge >= 0.3 is 0 Å². The molecular weight excluding hydrogens is 217 g/mol. The second kappa shape index (κ2) is 5.24. The molecule has 15 heavy (non-hydrogen) atoms. The smallest absolute Gasteiger partial charge is 0.142 e. The molecule has 0 saturated heterocycles. The van der Waals surface area contributed by atoms with Crippen molar-refractivity contribution in [3.05, 3.63) is 34.6 Å². The summed E-state index contributed by atoms with van der Waals surface area (Å²) in [6.45, 7) is 1.76. The monoisotopic (exact) mass is 229 g/mol. The molecule has 0 radical (unpaired) electrons. The van der Waals surface area contributed by atoms with Gasteiger partial charge < -0.3 is 5.73 Å². The van der Waals surface area contributed by atoms with Crippen molar-refractivity contribution in [3.63, 3.8) is 0 Å². The van der Waals surface area contributed by atoms with Crippen molar-refractivity contribution >= 4 is 17.4 Å². The van der Waals surface area contributed by atoms with E-state index < -0.39 is 5.82 Å². The summed E-state index contributed by atoms with van der Waals surface area (Å²) in [6.07, 6.45) is 0.514. The van der Waals surface area contributed by atoms with E-state index in [4.69, 9.17) is 17.3 Å². The van der Waals surface area contributed by atoms with Crippen molar-refractivity contribution < 1.29 is 9.18 Å². The number of ketones is 1. The molecule has 0 aliphatic carbocycles. The lowest BCUT2D eigenvalue weighted by Gasteiger charge is -2.04. The van der Waals surface area contributed by atoms with Gasteiger partial charge in [-0.2, -0.15) is 0 Å². The Morgan fingerprint density at radius 2 is 2.27 bits per heavy atom. The molecule has 0 heterocycles. The highest BCUT2D eigenvalue weighted by molar-refractivity contribution is 6.30. The normalized spacial score (nSPS) is 12.5. The number of carbonyl (C=O) groups is 1. The van der Waals surface area contributed by atoms with Crippen LogP contribution in [0.3, 0.4) is 0 Å². The summed E-state index contributed by atoms with van der Waals surface area (Å²) in [4.78, 5) is 11.4. The Balaban J connectivity index is 2.65. The van der Waals surface area contributed by atoms with Gasteiger partial charge in [-0.15, -0.1) is 0 Å². The van der Waals surface area contributed by atoms with Gasteiger partial charge in [-0.1, -0.05) is 17.7 Å². The summed E-state index contributed by atoms with van der Waals surface area (Å²) in [5, 5.41) is 0.0680. The second-order valence-electron chi connectivity index (χ2n) is 3.65. The highest BCUT2D eigenvalue weighted by Crippen LogP contribution is 2.16. The molecule has 1 aromatic rings. The molecular formula is C11H13ClFNO. The van der Waals surface area contributed by atoms with E-state index in [1.807, 2.05) is 0 Å². The zero-order valence-corrected chi connectivity index (χ0v) is 9.22. The molecule has 0 fully saturated rings. The highest BCUT2D eigenvalue weighted by Gasteiger charge is 2.08. The zero-order chi connectivity index (χ0) is 11.4. The minimum Gasteiger partial charge on any atom is -0.328 e. The number of benzene rings is 1. The number of rotatable bonds is 4. The van der Waals surface area contributed by atoms with Gasteiger partial charge in [0.2, 0.25) is 0 Å². The molecule has 1 unspecified atom stereocenters. The van der Waals surface area contributed by atoms with Gasteiger partial charge in [0.15, 0.2) is 0 Å². The number of hydrogen-bond donors (Lipinski definition) is 1. The van der Waals surface area contributed by atoms with E-state index in [0.717, 1.165) is 0 Å². The van der Waals surface area contributed by atoms with Gasteiger partial charge in [-0.25, -0.2) is 4.39 Å². The fraction of sp³-hybridized carbons (Fsp3) is 0.364. The van der Waals surface area contributed by atoms with Crippen molar-refractivity contribution in [2.45, 2.75) is 25.8 Å². The van der Waals surface area contributed by atoms with Crippen LogP contribution >= 0.6 is 11.6 Å². The van der Waals surface area contributed by atoms with Gasteiger partial charge in [0.25, 0.3) is 0 Å². The molecule has 82 valence electrons. The number of carbonyl (C=O) groups excluding carboxylic acids is 1.